The van der Waals surface area contributed by atoms with Crippen LogP contribution >= 0.6 is 11.3 Å². The van der Waals surface area contributed by atoms with Gasteiger partial charge in [0.05, 0.1) is 10.9 Å². The van der Waals surface area contributed by atoms with Gasteiger partial charge in [-0.1, -0.05) is 18.2 Å². The SMILES string of the molecule is CN1C(=O)NC(c2ccc(F)cc2)C(C(=O)c2cccs2)C1(O)C(F)(F)F. The summed E-state index contributed by atoms with van der Waals surface area (Å²) in [7, 11) is 0.762. The Labute approximate surface area is 155 Å². The zero-order valence-electron chi connectivity index (χ0n) is 13.8. The van der Waals surface area contributed by atoms with Gasteiger partial charge in [0.15, 0.2) is 5.78 Å². The van der Waals surface area contributed by atoms with Crippen molar-refractivity contribution in [3.05, 3.63) is 58.0 Å². The van der Waals surface area contributed by atoms with E-state index in [1.165, 1.54) is 17.5 Å². The highest BCUT2D eigenvalue weighted by Gasteiger charge is 2.69. The number of halogens is 4. The van der Waals surface area contributed by atoms with E-state index in [9.17, 15) is 32.3 Å². The van der Waals surface area contributed by atoms with Crippen molar-refractivity contribution in [3.8, 4) is 0 Å². The van der Waals surface area contributed by atoms with Gasteiger partial charge in [-0.3, -0.25) is 9.69 Å². The van der Waals surface area contributed by atoms with E-state index in [1.54, 1.807) is 0 Å². The van der Waals surface area contributed by atoms with Gasteiger partial charge in [0.25, 0.3) is 5.72 Å². The highest BCUT2D eigenvalue weighted by atomic mass is 32.1. The fourth-order valence-electron chi connectivity index (χ4n) is 3.13. The fourth-order valence-corrected chi connectivity index (χ4v) is 3.83. The van der Waals surface area contributed by atoms with E-state index in [1.807, 2.05) is 0 Å². The first-order chi connectivity index (χ1) is 12.6. The predicted octanol–water partition coefficient (Wildman–Crippen LogP) is 3.33. The smallest absolute Gasteiger partial charge is 0.363 e. The Morgan fingerprint density at radius 1 is 1.26 bits per heavy atom. The lowest BCUT2D eigenvalue weighted by molar-refractivity contribution is -0.322. The molecule has 10 heteroatoms. The molecule has 1 aliphatic heterocycles. The van der Waals surface area contributed by atoms with Crippen LogP contribution in [0.5, 0.6) is 0 Å². The standard InChI is InChI=1S/C17H14F4N2O3S/c1-23-15(25)22-13(9-4-6-10(18)7-5-9)12(16(23,26)17(19,20)21)14(24)11-3-2-8-27-11/h2-8,12-13,26H,1H3,(H,22,25). The van der Waals surface area contributed by atoms with Crippen LogP contribution in [0.1, 0.15) is 21.3 Å². The molecule has 2 aromatic rings. The number of hydrogen-bond donors (Lipinski definition) is 2. The molecular formula is C17H14F4N2O3S. The summed E-state index contributed by atoms with van der Waals surface area (Å²) in [4.78, 5) is 25.1. The van der Waals surface area contributed by atoms with E-state index in [0.29, 0.717) is 0 Å². The molecule has 1 fully saturated rings. The molecule has 1 aromatic heterocycles. The summed E-state index contributed by atoms with van der Waals surface area (Å²) in [6.07, 6.45) is -5.31. The minimum absolute atomic E-state index is 0.000615. The van der Waals surface area contributed by atoms with Crippen molar-refractivity contribution in [3.63, 3.8) is 0 Å². The van der Waals surface area contributed by atoms with Crippen LogP contribution in [0.25, 0.3) is 0 Å². The molecule has 0 radical (unpaired) electrons. The Bertz CT molecular complexity index is 854. The quantitative estimate of drug-likeness (QED) is 0.611. The number of rotatable bonds is 3. The third-order valence-electron chi connectivity index (χ3n) is 4.55. The number of benzene rings is 1. The lowest BCUT2D eigenvalue weighted by Crippen LogP contribution is -2.72. The monoisotopic (exact) mass is 402 g/mol. The zero-order valence-corrected chi connectivity index (χ0v) is 14.6. The normalized spacial score (nSPS) is 26.0. The Morgan fingerprint density at radius 2 is 1.89 bits per heavy atom. The highest BCUT2D eigenvalue weighted by Crippen LogP contribution is 2.47. The van der Waals surface area contributed by atoms with Crippen LogP contribution < -0.4 is 5.32 Å². The van der Waals surface area contributed by atoms with Crippen molar-refractivity contribution in [2.75, 3.05) is 7.05 Å². The summed E-state index contributed by atoms with van der Waals surface area (Å²) < 4.78 is 54.8. The largest absolute Gasteiger partial charge is 0.437 e. The molecule has 3 atom stereocenters. The number of amides is 2. The predicted molar refractivity (Wildman–Crippen MR) is 88.6 cm³/mol. The average molecular weight is 402 g/mol. The van der Waals surface area contributed by atoms with Gasteiger partial charge in [-0.2, -0.15) is 13.2 Å². The molecule has 0 saturated carbocycles. The van der Waals surface area contributed by atoms with Crippen molar-refractivity contribution in [1.82, 2.24) is 10.2 Å². The van der Waals surface area contributed by atoms with Gasteiger partial charge in [0, 0.05) is 7.05 Å². The Kier molecular flexibility index (Phi) is 4.73. The molecule has 3 unspecified atom stereocenters. The number of nitrogens with zero attached hydrogens (tertiary/aromatic N) is 1. The molecule has 2 amide bonds. The number of aliphatic hydroxyl groups is 1. The van der Waals surface area contributed by atoms with E-state index in [0.717, 1.165) is 42.6 Å². The van der Waals surface area contributed by atoms with Crippen molar-refractivity contribution >= 4 is 23.2 Å². The summed E-state index contributed by atoms with van der Waals surface area (Å²) in [5, 5.41) is 14.4. The maximum Gasteiger partial charge on any atom is 0.437 e. The molecule has 1 aliphatic rings. The summed E-state index contributed by atoms with van der Waals surface area (Å²) >= 11 is 0.919. The van der Waals surface area contributed by atoms with Gasteiger partial charge in [-0.15, -0.1) is 11.3 Å². The zero-order chi connectivity index (χ0) is 20.0. The van der Waals surface area contributed by atoms with Crippen LogP contribution in [-0.4, -0.2) is 40.8 Å². The molecule has 2 heterocycles. The molecule has 0 bridgehead atoms. The Balaban J connectivity index is 2.19. The number of nitrogens with one attached hydrogen (secondary N) is 1. The molecule has 1 saturated heterocycles. The number of urea groups is 1. The Hall–Kier alpha value is -2.46. The third kappa shape index (κ3) is 3.08. The molecule has 1 aromatic carbocycles. The number of thiophene rings is 1. The first-order valence-corrected chi connectivity index (χ1v) is 8.62. The second-order valence-electron chi connectivity index (χ2n) is 6.08. The van der Waals surface area contributed by atoms with Gasteiger partial charge in [-0.25, -0.2) is 9.18 Å². The molecule has 5 nitrogen and oxygen atoms in total. The second kappa shape index (κ2) is 6.61. The minimum atomic E-state index is -5.31. The summed E-state index contributed by atoms with van der Waals surface area (Å²) in [5.41, 5.74) is -3.68. The van der Waals surface area contributed by atoms with Gasteiger partial charge in [-0.05, 0) is 29.1 Å². The van der Waals surface area contributed by atoms with Crippen molar-refractivity contribution in [2.45, 2.75) is 17.9 Å². The molecule has 0 spiro atoms. The number of ketones is 1. The van der Waals surface area contributed by atoms with E-state index in [-0.39, 0.29) is 15.3 Å². The lowest BCUT2D eigenvalue weighted by atomic mass is 9.78. The summed E-state index contributed by atoms with van der Waals surface area (Å²) in [5.74, 6) is -3.71. The number of carbonyl (C=O) groups is 2. The average Bonchev–Trinajstić information content (AvgIpc) is 3.13. The molecule has 27 heavy (non-hydrogen) atoms. The van der Waals surface area contributed by atoms with E-state index < -0.39 is 41.5 Å². The first-order valence-electron chi connectivity index (χ1n) is 7.74. The van der Waals surface area contributed by atoms with Crippen molar-refractivity contribution < 1.29 is 32.3 Å². The molecule has 0 aliphatic carbocycles. The topological polar surface area (TPSA) is 69.6 Å². The first kappa shape index (κ1) is 19.3. The molecule has 144 valence electrons. The number of hydrogen-bond acceptors (Lipinski definition) is 4. The number of carbonyl (C=O) groups excluding carboxylic acids is 2. The lowest BCUT2D eigenvalue weighted by Gasteiger charge is -2.49. The molecular weight excluding hydrogens is 388 g/mol. The van der Waals surface area contributed by atoms with E-state index >= 15 is 0 Å². The van der Waals surface area contributed by atoms with Crippen LogP contribution in [0.4, 0.5) is 22.4 Å². The molecule has 3 rings (SSSR count). The number of Topliss-reactive ketones (excluding diaryl/α,β-unsaturated/α-hetero) is 1. The van der Waals surface area contributed by atoms with E-state index in [2.05, 4.69) is 5.32 Å². The third-order valence-corrected chi connectivity index (χ3v) is 5.44. The fraction of sp³-hybridized carbons (Fsp3) is 0.294. The highest BCUT2D eigenvalue weighted by molar-refractivity contribution is 7.12. The van der Waals surface area contributed by atoms with Gasteiger partial charge in [0.2, 0.25) is 0 Å². The maximum atomic E-state index is 13.9. The van der Waals surface area contributed by atoms with Gasteiger partial charge in [0.1, 0.15) is 11.7 Å². The Morgan fingerprint density at radius 3 is 2.41 bits per heavy atom. The van der Waals surface area contributed by atoms with Gasteiger partial charge >= 0.3 is 12.2 Å². The minimum Gasteiger partial charge on any atom is -0.363 e. The summed E-state index contributed by atoms with van der Waals surface area (Å²) in [6, 6.07) is 4.44. The van der Waals surface area contributed by atoms with Crippen LogP contribution in [-0.2, 0) is 0 Å². The maximum absolute atomic E-state index is 13.9. The van der Waals surface area contributed by atoms with Crippen LogP contribution in [0, 0.1) is 11.7 Å². The number of alkyl halides is 3. The van der Waals surface area contributed by atoms with Crippen LogP contribution in [0.15, 0.2) is 41.8 Å². The van der Waals surface area contributed by atoms with E-state index in [4.69, 9.17) is 0 Å². The van der Waals surface area contributed by atoms with Crippen molar-refractivity contribution in [1.29, 1.82) is 0 Å². The molecule has 2 N–H and O–H groups in total. The second-order valence-corrected chi connectivity index (χ2v) is 7.03. The summed E-state index contributed by atoms with van der Waals surface area (Å²) in [6.45, 7) is 0. The van der Waals surface area contributed by atoms with Gasteiger partial charge < -0.3 is 10.4 Å². The van der Waals surface area contributed by atoms with Crippen LogP contribution in [0.3, 0.4) is 0 Å². The van der Waals surface area contributed by atoms with Crippen LogP contribution in [0.2, 0.25) is 0 Å². The van der Waals surface area contributed by atoms with Crippen molar-refractivity contribution in [2.24, 2.45) is 5.92 Å².